The van der Waals surface area contributed by atoms with E-state index in [0.29, 0.717) is 6.42 Å². The quantitative estimate of drug-likeness (QED) is 0.589. The van der Waals surface area contributed by atoms with E-state index in [1.165, 1.54) is 6.08 Å². The Morgan fingerprint density at radius 2 is 1.89 bits per heavy atom. The van der Waals surface area contributed by atoms with Crippen LogP contribution in [0.2, 0.25) is 0 Å². The second kappa shape index (κ2) is 5.11. The summed E-state index contributed by atoms with van der Waals surface area (Å²) in [5, 5.41) is 0. The first-order valence-electron chi connectivity index (χ1n) is 5.77. The van der Waals surface area contributed by atoms with E-state index in [1.807, 2.05) is 20.8 Å². The molecule has 0 saturated carbocycles. The van der Waals surface area contributed by atoms with Crippen LogP contribution in [0.1, 0.15) is 33.6 Å². The van der Waals surface area contributed by atoms with Gasteiger partial charge in [0.2, 0.25) is 0 Å². The first-order chi connectivity index (χ1) is 8.04. The lowest BCUT2D eigenvalue weighted by Crippen LogP contribution is -2.29. The van der Waals surface area contributed by atoms with Gasteiger partial charge >= 0.3 is 15.6 Å². The van der Waals surface area contributed by atoms with Crippen molar-refractivity contribution in [1.29, 1.82) is 0 Å². The highest BCUT2D eigenvalue weighted by Crippen LogP contribution is 2.37. The molecule has 0 spiro atoms. The summed E-state index contributed by atoms with van der Waals surface area (Å²) in [6.07, 6.45) is 2.94. The lowest BCUT2D eigenvalue weighted by molar-refractivity contribution is -0.0530. The zero-order valence-corrected chi connectivity index (χ0v) is 11.3. The molecular weight excluding hydrogens is 269 g/mol. The Morgan fingerprint density at radius 3 is 2.33 bits per heavy atom. The van der Waals surface area contributed by atoms with Gasteiger partial charge in [-0.25, -0.2) is 0 Å². The Hall–Kier alpha value is -0.720. The molecule has 0 aliphatic heterocycles. The van der Waals surface area contributed by atoms with Gasteiger partial charge in [0.05, 0.1) is 0 Å². The van der Waals surface area contributed by atoms with Crippen LogP contribution in [0.4, 0.5) is 13.2 Å². The minimum atomic E-state index is -5.56. The van der Waals surface area contributed by atoms with Crippen LogP contribution in [0.15, 0.2) is 11.8 Å². The van der Waals surface area contributed by atoms with E-state index in [0.717, 1.165) is 6.42 Å². The molecule has 3 nitrogen and oxygen atoms in total. The van der Waals surface area contributed by atoms with E-state index in [2.05, 4.69) is 4.18 Å². The van der Waals surface area contributed by atoms with Gasteiger partial charge in [0.25, 0.3) is 0 Å². The Labute approximate surface area is 105 Å². The largest absolute Gasteiger partial charge is 0.534 e. The molecule has 0 radical (unpaired) electrons. The summed E-state index contributed by atoms with van der Waals surface area (Å²) < 4.78 is 63.1. The fourth-order valence-electron chi connectivity index (χ4n) is 2.00. The smallest absolute Gasteiger partial charge is 0.381 e. The summed E-state index contributed by atoms with van der Waals surface area (Å²) in [5.41, 5.74) is -5.38. The van der Waals surface area contributed by atoms with Gasteiger partial charge in [0.1, 0.15) is 5.76 Å². The van der Waals surface area contributed by atoms with Crippen LogP contribution in [0, 0.1) is 17.8 Å². The molecule has 0 amide bonds. The molecule has 2 atom stereocenters. The third kappa shape index (κ3) is 3.40. The number of hydrogen-bond acceptors (Lipinski definition) is 3. The maximum absolute atomic E-state index is 12.3. The highest BCUT2D eigenvalue weighted by Gasteiger charge is 2.49. The Morgan fingerprint density at radius 1 is 1.33 bits per heavy atom. The van der Waals surface area contributed by atoms with Gasteiger partial charge in [-0.15, -0.1) is 0 Å². The SMILES string of the molecule is CC1C=C(OS(=O)(=O)C(F)(F)F)C(C(C)C)CC1. The van der Waals surface area contributed by atoms with Gasteiger partial charge in [0, 0.05) is 5.92 Å². The lowest BCUT2D eigenvalue weighted by Gasteiger charge is -2.29. The van der Waals surface area contributed by atoms with Crippen molar-refractivity contribution >= 4 is 10.1 Å². The van der Waals surface area contributed by atoms with Crippen molar-refractivity contribution in [3.05, 3.63) is 11.8 Å². The monoisotopic (exact) mass is 286 g/mol. The topological polar surface area (TPSA) is 43.4 Å². The number of alkyl halides is 3. The highest BCUT2D eigenvalue weighted by molar-refractivity contribution is 7.87. The van der Waals surface area contributed by atoms with Crippen LogP contribution in [0.3, 0.4) is 0 Å². The minimum absolute atomic E-state index is 0.0263. The molecular formula is C11H17F3O3S. The molecule has 0 aromatic heterocycles. The molecule has 0 fully saturated rings. The zero-order chi connectivity index (χ0) is 14.1. The maximum atomic E-state index is 12.3. The van der Waals surface area contributed by atoms with Crippen LogP contribution >= 0.6 is 0 Å². The molecule has 0 saturated heterocycles. The van der Waals surface area contributed by atoms with Crippen molar-refractivity contribution in [2.24, 2.45) is 17.8 Å². The Balaban J connectivity index is 2.99. The van der Waals surface area contributed by atoms with Crippen LogP contribution in [-0.4, -0.2) is 13.9 Å². The predicted octanol–water partition coefficient (Wildman–Crippen LogP) is 3.44. The summed E-state index contributed by atoms with van der Waals surface area (Å²) in [6, 6.07) is 0. The normalized spacial score (nSPS) is 26.1. The Kier molecular flexibility index (Phi) is 4.35. The zero-order valence-electron chi connectivity index (χ0n) is 10.5. The molecule has 1 aliphatic rings. The molecule has 0 aromatic rings. The second-order valence-corrected chi connectivity index (χ2v) is 6.50. The van der Waals surface area contributed by atoms with E-state index in [4.69, 9.17) is 0 Å². The van der Waals surface area contributed by atoms with Gasteiger partial charge < -0.3 is 4.18 Å². The van der Waals surface area contributed by atoms with E-state index in [-0.39, 0.29) is 23.5 Å². The van der Waals surface area contributed by atoms with Crippen LogP contribution in [0.5, 0.6) is 0 Å². The van der Waals surface area contributed by atoms with Gasteiger partial charge in [0.15, 0.2) is 0 Å². The third-order valence-electron chi connectivity index (χ3n) is 3.04. The van der Waals surface area contributed by atoms with E-state index in [9.17, 15) is 21.6 Å². The summed E-state index contributed by atoms with van der Waals surface area (Å²) in [5.74, 6) is -0.287. The maximum Gasteiger partial charge on any atom is 0.534 e. The minimum Gasteiger partial charge on any atom is -0.381 e. The van der Waals surface area contributed by atoms with Crippen molar-refractivity contribution in [3.8, 4) is 0 Å². The summed E-state index contributed by atoms with van der Waals surface area (Å²) in [6.45, 7) is 5.48. The van der Waals surface area contributed by atoms with Crippen LogP contribution in [0.25, 0.3) is 0 Å². The number of hydrogen-bond donors (Lipinski definition) is 0. The first kappa shape index (κ1) is 15.3. The molecule has 0 heterocycles. The van der Waals surface area contributed by atoms with Gasteiger partial charge in [-0.2, -0.15) is 21.6 Å². The standard InChI is InChI=1S/C11H17F3O3S/c1-7(2)9-5-4-8(3)6-10(9)17-18(15,16)11(12,13)14/h6-9H,4-5H2,1-3H3. The Bertz CT molecular complexity index is 423. The number of rotatable bonds is 3. The van der Waals surface area contributed by atoms with E-state index < -0.39 is 15.6 Å². The van der Waals surface area contributed by atoms with Gasteiger partial charge in [-0.3, -0.25) is 0 Å². The van der Waals surface area contributed by atoms with Gasteiger partial charge in [-0.05, 0) is 30.8 Å². The fraction of sp³-hybridized carbons (Fsp3) is 0.818. The van der Waals surface area contributed by atoms with Crippen molar-refractivity contribution in [1.82, 2.24) is 0 Å². The molecule has 18 heavy (non-hydrogen) atoms. The van der Waals surface area contributed by atoms with Crippen molar-refractivity contribution in [2.75, 3.05) is 0 Å². The first-order valence-corrected chi connectivity index (χ1v) is 7.18. The highest BCUT2D eigenvalue weighted by atomic mass is 32.2. The molecule has 0 aromatic carbocycles. The molecule has 1 rings (SSSR count). The van der Waals surface area contributed by atoms with Crippen molar-refractivity contribution in [2.45, 2.75) is 39.1 Å². The average molecular weight is 286 g/mol. The molecule has 0 bridgehead atoms. The molecule has 7 heteroatoms. The summed E-state index contributed by atoms with van der Waals surface area (Å²) >= 11 is 0. The molecule has 0 N–H and O–H groups in total. The second-order valence-electron chi connectivity index (χ2n) is 4.96. The molecule has 2 unspecified atom stereocenters. The number of allylic oxidation sites excluding steroid dienone is 2. The summed E-state index contributed by atoms with van der Waals surface area (Å²) in [7, 11) is -5.56. The van der Waals surface area contributed by atoms with Crippen LogP contribution in [-0.2, 0) is 14.3 Å². The summed E-state index contributed by atoms with van der Waals surface area (Å²) in [4.78, 5) is 0. The van der Waals surface area contributed by atoms with Gasteiger partial charge in [-0.1, -0.05) is 20.8 Å². The van der Waals surface area contributed by atoms with E-state index >= 15 is 0 Å². The van der Waals surface area contributed by atoms with Crippen molar-refractivity contribution in [3.63, 3.8) is 0 Å². The van der Waals surface area contributed by atoms with E-state index in [1.54, 1.807) is 0 Å². The molecule has 106 valence electrons. The van der Waals surface area contributed by atoms with Crippen LogP contribution < -0.4 is 0 Å². The third-order valence-corrected chi connectivity index (χ3v) is 4.02. The predicted molar refractivity (Wildman–Crippen MR) is 60.9 cm³/mol. The van der Waals surface area contributed by atoms with Crippen molar-refractivity contribution < 1.29 is 25.8 Å². The lowest BCUT2D eigenvalue weighted by atomic mass is 9.81. The molecule has 1 aliphatic carbocycles. The fourth-order valence-corrected chi connectivity index (χ4v) is 2.52. The number of halogens is 3. The average Bonchev–Trinajstić information content (AvgIpc) is 2.14.